The van der Waals surface area contributed by atoms with Crippen LogP contribution in [0.2, 0.25) is 0 Å². The summed E-state index contributed by atoms with van der Waals surface area (Å²) in [6.45, 7) is 4.52. The summed E-state index contributed by atoms with van der Waals surface area (Å²) in [6.07, 6.45) is -1.18. The number of anilines is 1. The van der Waals surface area contributed by atoms with Gasteiger partial charge in [0.1, 0.15) is 5.54 Å². The lowest BCUT2D eigenvalue weighted by Gasteiger charge is -2.17. The maximum Gasteiger partial charge on any atom is 0.325 e. The summed E-state index contributed by atoms with van der Waals surface area (Å²) < 4.78 is 5.05. The normalized spacial score (nSPS) is 17.0. The molecule has 0 radical (unpaired) electrons. The summed E-state index contributed by atoms with van der Waals surface area (Å²) in [6, 6.07) is 8.24. The first-order valence-electron chi connectivity index (χ1n) is 7.90. The predicted octanol–water partition coefficient (Wildman–Crippen LogP) is 1.28. The van der Waals surface area contributed by atoms with Crippen molar-refractivity contribution in [1.82, 2.24) is 10.2 Å². The van der Waals surface area contributed by atoms with Gasteiger partial charge < -0.3 is 15.4 Å². The fourth-order valence-corrected chi connectivity index (χ4v) is 2.30. The van der Waals surface area contributed by atoms with E-state index < -0.39 is 35.5 Å². The van der Waals surface area contributed by atoms with Gasteiger partial charge in [0.05, 0.1) is 6.42 Å². The molecule has 25 heavy (non-hydrogen) atoms. The van der Waals surface area contributed by atoms with Crippen LogP contribution in [0.4, 0.5) is 10.5 Å². The topological polar surface area (TPSA) is 105 Å². The molecule has 8 heteroatoms. The molecule has 0 bridgehead atoms. The van der Waals surface area contributed by atoms with E-state index in [0.717, 1.165) is 4.90 Å². The fourth-order valence-electron chi connectivity index (χ4n) is 2.30. The minimum absolute atomic E-state index is 0.0973. The van der Waals surface area contributed by atoms with Gasteiger partial charge in [-0.25, -0.2) is 4.79 Å². The van der Waals surface area contributed by atoms with Crippen molar-refractivity contribution in [3.8, 4) is 0 Å². The number of amides is 4. The Labute approximate surface area is 145 Å². The highest BCUT2D eigenvalue weighted by Crippen LogP contribution is 2.17. The second-order valence-corrected chi connectivity index (χ2v) is 6.25. The molecule has 1 fully saturated rings. The third kappa shape index (κ3) is 4.56. The molecule has 1 aliphatic heterocycles. The Hall–Kier alpha value is -2.90. The van der Waals surface area contributed by atoms with E-state index >= 15 is 0 Å². The van der Waals surface area contributed by atoms with Crippen LogP contribution in [0.3, 0.4) is 0 Å². The van der Waals surface area contributed by atoms with Crippen molar-refractivity contribution in [3.63, 3.8) is 0 Å². The zero-order chi connectivity index (χ0) is 18.6. The Bertz CT molecular complexity index is 687. The van der Waals surface area contributed by atoms with Gasteiger partial charge in [0.25, 0.3) is 11.8 Å². The number of hydrogen-bond donors (Lipinski definition) is 2. The molecular weight excluding hydrogens is 326 g/mol. The summed E-state index contributed by atoms with van der Waals surface area (Å²) in [5.41, 5.74) is -0.388. The van der Waals surface area contributed by atoms with Crippen molar-refractivity contribution in [2.24, 2.45) is 0 Å². The van der Waals surface area contributed by atoms with Gasteiger partial charge >= 0.3 is 12.0 Å². The number of hydrogen-bond acceptors (Lipinski definition) is 5. The average Bonchev–Trinajstić information content (AvgIpc) is 2.74. The van der Waals surface area contributed by atoms with E-state index in [1.54, 1.807) is 38.1 Å². The van der Waals surface area contributed by atoms with E-state index in [4.69, 9.17) is 4.74 Å². The molecule has 2 rings (SSSR count). The van der Waals surface area contributed by atoms with Gasteiger partial charge in [0.15, 0.2) is 6.10 Å². The Balaban J connectivity index is 1.81. The number of esters is 1. The van der Waals surface area contributed by atoms with E-state index in [2.05, 4.69) is 10.6 Å². The highest BCUT2D eigenvalue weighted by atomic mass is 16.5. The van der Waals surface area contributed by atoms with Crippen LogP contribution >= 0.6 is 0 Å². The van der Waals surface area contributed by atoms with Crippen molar-refractivity contribution < 1.29 is 23.9 Å². The lowest BCUT2D eigenvalue weighted by molar-refractivity contribution is -0.153. The molecule has 1 aliphatic rings. The molecule has 0 aromatic heterocycles. The van der Waals surface area contributed by atoms with Gasteiger partial charge in [-0.15, -0.1) is 0 Å². The van der Waals surface area contributed by atoms with Crippen LogP contribution in [0.15, 0.2) is 30.3 Å². The summed E-state index contributed by atoms with van der Waals surface area (Å²) in [5.74, 6) is -1.53. The molecular formula is C17H21N3O5. The second-order valence-electron chi connectivity index (χ2n) is 6.25. The van der Waals surface area contributed by atoms with Crippen LogP contribution in [0.1, 0.15) is 27.2 Å². The zero-order valence-electron chi connectivity index (χ0n) is 14.4. The summed E-state index contributed by atoms with van der Waals surface area (Å²) in [4.78, 5) is 48.6. The number of imide groups is 1. The van der Waals surface area contributed by atoms with Gasteiger partial charge in [-0.2, -0.15) is 0 Å². The smallest absolute Gasteiger partial charge is 0.325 e. The number of para-hydroxylation sites is 1. The molecule has 134 valence electrons. The molecule has 0 aliphatic carbocycles. The van der Waals surface area contributed by atoms with Gasteiger partial charge in [0.2, 0.25) is 0 Å². The van der Waals surface area contributed by atoms with E-state index in [0.29, 0.717) is 5.69 Å². The maximum atomic E-state index is 12.0. The number of rotatable bonds is 6. The molecule has 1 unspecified atom stereocenters. The van der Waals surface area contributed by atoms with E-state index in [1.165, 1.54) is 6.92 Å². The monoisotopic (exact) mass is 347 g/mol. The van der Waals surface area contributed by atoms with Crippen LogP contribution in [0.5, 0.6) is 0 Å². The van der Waals surface area contributed by atoms with Gasteiger partial charge in [-0.1, -0.05) is 18.2 Å². The summed E-state index contributed by atoms with van der Waals surface area (Å²) in [5, 5.41) is 5.15. The highest BCUT2D eigenvalue weighted by Gasteiger charge is 2.44. The van der Waals surface area contributed by atoms with Crippen molar-refractivity contribution in [2.45, 2.75) is 38.8 Å². The Morgan fingerprint density at radius 1 is 1.24 bits per heavy atom. The standard InChI is InChI=1S/C17H21N3O5/c1-11(14(22)18-12-7-5-4-6-8-12)25-13(21)9-10-20-15(23)17(2,3)19-16(20)24/h4-8,11H,9-10H2,1-3H3,(H,18,22)(H,19,24). The van der Waals surface area contributed by atoms with Crippen LogP contribution < -0.4 is 10.6 Å². The van der Waals surface area contributed by atoms with Crippen molar-refractivity contribution in [2.75, 3.05) is 11.9 Å². The third-order valence-corrected chi connectivity index (χ3v) is 3.70. The molecule has 1 saturated heterocycles. The number of nitrogens with zero attached hydrogens (tertiary/aromatic N) is 1. The molecule has 0 spiro atoms. The average molecular weight is 347 g/mol. The highest BCUT2D eigenvalue weighted by molar-refractivity contribution is 6.06. The Morgan fingerprint density at radius 3 is 2.44 bits per heavy atom. The molecule has 1 aromatic rings. The largest absolute Gasteiger partial charge is 0.452 e. The van der Waals surface area contributed by atoms with Crippen LogP contribution in [-0.4, -0.2) is 46.9 Å². The quantitative estimate of drug-likeness (QED) is 0.596. The van der Waals surface area contributed by atoms with Crippen LogP contribution in [0.25, 0.3) is 0 Å². The first-order chi connectivity index (χ1) is 11.7. The van der Waals surface area contributed by atoms with Crippen molar-refractivity contribution in [3.05, 3.63) is 30.3 Å². The van der Waals surface area contributed by atoms with E-state index in [-0.39, 0.29) is 13.0 Å². The number of carbonyl (C=O) groups excluding carboxylic acids is 4. The maximum absolute atomic E-state index is 12.0. The third-order valence-electron chi connectivity index (χ3n) is 3.70. The zero-order valence-corrected chi connectivity index (χ0v) is 14.4. The lowest BCUT2D eigenvalue weighted by Crippen LogP contribution is -2.40. The number of ether oxygens (including phenoxy) is 1. The number of nitrogens with one attached hydrogen (secondary N) is 2. The molecule has 1 atom stereocenters. The van der Waals surface area contributed by atoms with E-state index in [9.17, 15) is 19.2 Å². The first kappa shape index (κ1) is 18.4. The van der Waals surface area contributed by atoms with Gasteiger partial charge in [-0.05, 0) is 32.9 Å². The number of carbonyl (C=O) groups is 4. The van der Waals surface area contributed by atoms with Crippen LogP contribution in [0, 0.1) is 0 Å². The second kappa shape index (κ2) is 7.33. The molecule has 2 N–H and O–H groups in total. The van der Waals surface area contributed by atoms with Crippen LogP contribution in [-0.2, 0) is 19.1 Å². The molecule has 1 aromatic carbocycles. The number of benzene rings is 1. The summed E-state index contributed by atoms with van der Waals surface area (Å²) >= 11 is 0. The number of urea groups is 1. The van der Waals surface area contributed by atoms with E-state index in [1.807, 2.05) is 6.07 Å². The Morgan fingerprint density at radius 2 is 1.88 bits per heavy atom. The lowest BCUT2D eigenvalue weighted by atomic mass is 10.1. The molecule has 8 nitrogen and oxygen atoms in total. The predicted molar refractivity (Wildman–Crippen MR) is 89.6 cm³/mol. The minimum Gasteiger partial charge on any atom is -0.452 e. The SMILES string of the molecule is CC(OC(=O)CCN1C(=O)NC(C)(C)C1=O)C(=O)Nc1ccccc1. The molecule has 4 amide bonds. The van der Waals surface area contributed by atoms with Gasteiger partial charge in [0, 0.05) is 12.2 Å². The minimum atomic E-state index is -0.993. The fraction of sp³-hybridized carbons (Fsp3) is 0.412. The van der Waals surface area contributed by atoms with Crippen molar-refractivity contribution in [1.29, 1.82) is 0 Å². The molecule has 1 heterocycles. The molecule has 0 saturated carbocycles. The summed E-state index contributed by atoms with van der Waals surface area (Å²) in [7, 11) is 0. The van der Waals surface area contributed by atoms with Crippen molar-refractivity contribution >= 4 is 29.5 Å². The first-order valence-corrected chi connectivity index (χ1v) is 7.90. The Kier molecular flexibility index (Phi) is 5.41. The van der Waals surface area contributed by atoms with Gasteiger partial charge in [-0.3, -0.25) is 19.3 Å².